The van der Waals surface area contributed by atoms with Crippen LogP contribution in [0.25, 0.3) is 21.5 Å². The van der Waals surface area contributed by atoms with Crippen LogP contribution in [0.15, 0.2) is 146 Å². The zero-order valence-electron chi connectivity index (χ0n) is 19.4. The SMILES string of the molecule is BrP(Cc1cccc2c1ccc1ccccc12)(c1ccccc1)(c1ccccc1)c1ccccc1. The zero-order chi connectivity index (χ0) is 23.7. The molecule has 0 nitrogen and oxygen atoms in total. The minimum absolute atomic E-state index is 0.888. The van der Waals surface area contributed by atoms with E-state index in [2.05, 4.69) is 161 Å². The Morgan fingerprint density at radius 1 is 0.400 bits per heavy atom. The Morgan fingerprint density at radius 3 is 1.46 bits per heavy atom. The molecule has 0 aliphatic rings. The predicted molar refractivity (Wildman–Crippen MR) is 159 cm³/mol. The first kappa shape index (κ1) is 22.2. The minimum atomic E-state index is -3.06. The molecule has 0 bridgehead atoms. The molecule has 0 radical (unpaired) electrons. The summed E-state index contributed by atoms with van der Waals surface area (Å²) in [7, 11) is 0. The van der Waals surface area contributed by atoms with Crippen molar-refractivity contribution in [1.82, 2.24) is 0 Å². The zero-order valence-corrected chi connectivity index (χ0v) is 21.9. The van der Waals surface area contributed by atoms with Gasteiger partial charge in [0.25, 0.3) is 0 Å². The summed E-state index contributed by atoms with van der Waals surface area (Å²) < 4.78 is 0. The summed E-state index contributed by atoms with van der Waals surface area (Å²) in [4.78, 5) is 0. The summed E-state index contributed by atoms with van der Waals surface area (Å²) in [6, 6.07) is 53.2. The van der Waals surface area contributed by atoms with E-state index in [-0.39, 0.29) is 0 Å². The summed E-state index contributed by atoms with van der Waals surface area (Å²) in [5.74, 6) is 0. The van der Waals surface area contributed by atoms with Gasteiger partial charge in [-0.05, 0) is 0 Å². The Balaban J connectivity index is 1.70. The molecule has 170 valence electrons. The molecule has 0 aliphatic carbocycles. The van der Waals surface area contributed by atoms with Crippen LogP contribution in [0, 0.1) is 0 Å². The van der Waals surface area contributed by atoms with Crippen LogP contribution in [0.1, 0.15) is 5.56 Å². The Kier molecular flexibility index (Phi) is 5.56. The first-order valence-corrected chi connectivity index (χ1v) is 16.4. The Bertz CT molecular complexity index is 1530. The van der Waals surface area contributed by atoms with Crippen molar-refractivity contribution >= 4 is 58.3 Å². The van der Waals surface area contributed by atoms with E-state index < -0.39 is 5.31 Å². The summed E-state index contributed by atoms with van der Waals surface area (Å²) >= 11 is 4.62. The van der Waals surface area contributed by atoms with E-state index in [1.165, 1.54) is 43.0 Å². The van der Waals surface area contributed by atoms with Crippen LogP contribution in [0.5, 0.6) is 0 Å². The van der Waals surface area contributed by atoms with Gasteiger partial charge in [0.1, 0.15) is 0 Å². The number of halogens is 1. The van der Waals surface area contributed by atoms with Crippen LogP contribution in [0.3, 0.4) is 0 Å². The van der Waals surface area contributed by atoms with Gasteiger partial charge in [-0.15, -0.1) is 0 Å². The van der Waals surface area contributed by atoms with Crippen LogP contribution in [0.4, 0.5) is 0 Å². The maximum absolute atomic E-state index is 4.62. The van der Waals surface area contributed by atoms with Crippen molar-refractivity contribution in [3.8, 4) is 0 Å². The van der Waals surface area contributed by atoms with Crippen molar-refractivity contribution in [1.29, 1.82) is 0 Å². The topological polar surface area (TPSA) is 0 Å². The average molecular weight is 533 g/mol. The van der Waals surface area contributed by atoms with Crippen LogP contribution < -0.4 is 15.9 Å². The average Bonchev–Trinajstić information content (AvgIpc) is 2.94. The van der Waals surface area contributed by atoms with Crippen molar-refractivity contribution in [2.24, 2.45) is 0 Å². The molecule has 0 unspecified atom stereocenters. The molecule has 6 aromatic rings. The molecule has 2 heteroatoms. The van der Waals surface area contributed by atoms with Gasteiger partial charge in [0.2, 0.25) is 0 Å². The van der Waals surface area contributed by atoms with Gasteiger partial charge in [-0.1, -0.05) is 0 Å². The maximum atomic E-state index is 4.62. The molecule has 0 saturated carbocycles. The van der Waals surface area contributed by atoms with E-state index in [1.54, 1.807) is 0 Å². The fraction of sp³-hybridized carbons (Fsp3) is 0.0303. The first-order valence-electron chi connectivity index (χ1n) is 12.0. The Labute approximate surface area is 214 Å². The van der Waals surface area contributed by atoms with Gasteiger partial charge in [-0.25, -0.2) is 0 Å². The molecule has 0 heterocycles. The molecule has 0 aliphatic heterocycles. The summed E-state index contributed by atoms with van der Waals surface area (Å²) in [5, 5.41) is 6.18. The summed E-state index contributed by atoms with van der Waals surface area (Å²) in [5.41, 5.74) is 1.36. The van der Waals surface area contributed by atoms with Crippen LogP contribution in [-0.2, 0) is 6.16 Å². The predicted octanol–water partition coefficient (Wildman–Crippen LogP) is 8.33. The van der Waals surface area contributed by atoms with Crippen molar-refractivity contribution in [2.45, 2.75) is 6.16 Å². The van der Waals surface area contributed by atoms with E-state index in [4.69, 9.17) is 0 Å². The number of fused-ring (bicyclic) bond motifs is 3. The number of hydrogen-bond donors (Lipinski definition) is 0. The molecular formula is C33H26BrP. The Morgan fingerprint density at radius 2 is 0.886 bits per heavy atom. The van der Waals surface area contributed by atoms with Gasteiger partial charge < -0.3 is 0 Å². The van der Waals surface area contributed by atoms with Crippen LogP contribution in [0.2, 0.25) is 0 Å². The molecule has 0 amide bonds. The van der Waals surface area contributed by atoms with E-state index in [0.29, 0.717) is 0 Å². The fourth-order valence-corrected chi connectivity index (χ4v) is 13.2. The Hall–Kier alpha value is -3.25. The molecule has 35 heavy (non-hydrogen) atoms. The van der Waals surface area contributed by atoms with Crippen molar-refractivity contribution in [3.05, 3.63) is 151 Å². The quantitative estimate of drug-likeness (QED) is 0.154. The van der Waals surface area contributed by atoms with Crippen molar-refractivity contribution in [2.75, 3.05) is 0 Å². The normalized spacial score (nSPS) is 12.9. The molecule has 0 spiro atoms. The summed E-state index contributed by atoms with van der Waals surface area (Å²) in [6.45, 7) is 0. The monoisotopic (exact) mass is 532 g/mol. The molecule has 0 fully saturated rings. The molecule has 6 aromatic carbocycles. The first-order chi connectivity index (χ1) is 17.2. The van der Waals surface area contributed by atoms with Crippen molar-refractivity contribution in [3.63, 3.8) is 0 Å². The second kappa shape index (κ2) is 8.76. The van der Waals surface area contributed by atoms with Gasteiger partial charge in [0.15, 0.2) is 0 Å². The molecule has 0 atom stereocenters. The van der Waals surface area contributed by atoms with E-state index in [0.717, 1.165) is 6.16 Å². The third-order valence-corrected chi connectivity index (χ3v) is 16.7. The standard InChI is InChI=1S/C33H26BrP/c34-35(28-15-4-1-5-16-28,29-17-6-2-7-18-29,30-19-8-3-9-20-30)25-27-14-12-22-33-31-21-11-10-13-26(31)23-24-32(27)33/h1-24H,25H2. The number of hydrogen-bond acceptors (Lipinski definition) is 0. The fourth-order valence-electron chi connectivity index (χ4n) is 5.50. The van der Waals surface area contributed by atoms with Gasteiger partial charge in [-0.2, -0.15) is 0 Å². The number of rotatable bonds is 5. The van der Waals surface area contributed by atoms with Crippen molar-refractivity contribution < 1.29 is 0 Å². The van der Waals surface area contributed by atoms with Gasteiger partial charge in [-0.3, -0.25) is 0 Å². The second-order valence-corrected chi connectivity index (χ2v) is 18.1. The van der Waals surface area contributed by atoms with E-state index >= 15 is 0 Å². The number of benzene rings is 6. The van der Waals surface area contributed by atoms with Crippen LogP contribution >= 0.6 is 20.8 Å². The molecule has 0 aromatic heterocycles. The molecule has 0 N–H and O–H groups in total. The van der Waals surface area contributed by atoms with Gasteiger partial charge in [0.05, 0.1) is 0 Å². The second-order valence-electron chi connectivity index (χ2n) is 9.15. The van der Waals surface area contributed by atoms with E-state index in [9.17, 15) is 0 Å². The molecule has 6 rings (SSSR count). The molecular weight excluding hydrogens is 507 g/mol. The summed E-state index contributed by atoms with van der Waals surface area (Å²) in [6.07, 6.45) is 0.888. The van der Waals surface area contributed by atoms with E-state index in [1.807, 2.05) is 0 Å². The third-order valence-electron chi connectivity index (χ3n) is 7.23. The van der Waals surface area contributed by atoms with Crippen LogP contribution in [-0.4, -0.2) is 0 Å². The molecule has 0 saturated heterocycles. The van der Waals surface area contributed by atoms with Gasteiger partial charge >= 0.3 is 216 Å². The third kappa shape index (κ3) is 3.54. The van der Waals surface area contributed by atoms with Gasteiger partial charge in [0, 0.05) is 0 Å².